The predicted octanol–water partition coefficient (Wildman–Crippen LogP) is 9.43. The summed E-state index contributed by atoms with van der Waals surface area (Å²) >= 11 is 0. The Labute approximate surface area is 269 Å². The van der Waals surface area contributed by atoms with Crippen LogP contribution in [0.25, 0.3) is 88.4 Å². The lowest BCUT2D eigenvalue weighted by Gasteiger charge is -2.12. The number of benzene rings is 6. The molecule has 0 unspecified atom stereocenters. The van der Waals surface area contributed by atoms with Crippen molar-refractivity contribution in [3.8, 4) is 22.9 Å². The summed E-state index contributed by atoms with van der Waals surface area (Å²) in [5.41, 5.74) is 5.03. The van der Waals surface area contributed by atoms with Gasteiger partial charge in [-0.3, -0.25) is 4.57 Å². The molecule has 6 heteroatoms. The van der Waals surface area contributed by atoms with Crippen molar-refractivity contribution in [3.05, 3.63) is 146 Å². The van der Waals surface area contributed by atoms with Crippen molar-refractivity contribution in [3.63, 3.8) is 0 Å². The Balaban J connectivity index is 1.28. The Morgan fingerprint density at radius 1 is 0.522 bits per heavy atom. The summed E-state index contributed by atoms with van der Waals surface area (Å²) in [5.74, 6) is 0.986. The van der Waals surface area contributed by atoms with E-state index in [-0.39, 0.29) is 17.8 Å². The normalized spacial score (nSPS) is 13.4. The van der Waals surface area contributed by atoms with Crippen LogP contribution in [0.1, 0.15) is 6.85 Å². The molecular weight excluding hydrogens is 564 g/mol. The highest BCUT2D eigenvalue weighted by Gasteiger charge is 2.20. The molecule has 0 atom stereocenters. The van der Waals surface area contributed by atoms with E-state index in [1.165, 1.54) is 0 Å². The van der Waals surface area contributed by atoms with E-state index >= 15 is 0 Å². The predicted molar refractivity (Wildman–Crippen MR) is 187 cm³/mol. The summed E-state index contributed by atoms with van der Waals surface area (Å²) in [6.07, 6.45) is 3.25. The second kappa shape index (κ2) is 9.55. The topological polar surface area (TPSA) is 61.4 Å². The highest BCUT2D eigenvalue weighted by Crippen LogP contribution is 2.37. The van der Waals surface area contributed by atoms with Gasteiger partial charge in [0.15, 0.2) is 22.8 Å². The molecule has 4 heterocycles. The van der Waals surface area contributed by atoms with E-state index < -0.39 is 18.1 Å². The van der Waals surface area contributed by atoms with Crippen molar-refractivity contribution in [1.29, 1.82) is 0 Å². The Kier molecular flexibility index (Phi) is 4.26. The zero-order chi connectivity index (χ0) is 34.5. The lowest BCUT2D eigenvalue weighted by Crippen LogP contribution is -2.04. The summed E-state index contributed by atoms with van der Waals surface area (Å²) in [7, 11) is 0. The van der Waals surface area contributed by atoms with Gasteiger partial charge in [-0.25, -0.2) is 19.9 Å². The van der Waals surface area contributed by atoms with Gasteiger partial charge < -0.3 is 4.57 Å². The third-order valence-corrected chi connectivity index (χ3v) is 8.71. The van der Waals surface area contributed by atoms with Crippen molar-refractivity contribution in [1.82, 2.24) is 29.1 Å². The minimum atomic E-state index is -0.438. The van der Waals surface area contributed by atoms with Crippen LogP contribution in [0.3, 0.4) is 0 Å². The molecule has 0 N–H and O–H groups in total. The van der Waals surface area contributed by atoms with E-state index in [1.807, 2.05) is 66.7 Å². The minimum absolute atomic E-state index is 0.0767. The molecule has 0 amide bonds. The highest BCUT2D eigenvalue weighted by molar-refractivity contribution is 6.14. The molecule has 0 aliphatic carbocycles. The second-order valence-electron chi connectivity index (χ2n) is 11.2. The molecule has 214 valence electrons. The average molecular weight is 594 g/mol. The Bertz CT molecular complexity index is 3080. The Morgan fingerprint density at radius 3 is 2.00 bits per heavy atom. The number of hydrogen-bond acceptors (Lipinski definition) is 4. The molecule has 0 saturated heterocycles. The van der Waals surface area contributed by atoms with Crippen LogP contribution in [0.15, 0.2) is 146 Å². The first-order chi connectivity index (χ1) is 24.9. The molecule has 0 spiro atoms. The van der Waals surface area contributed by atoms with Gasteiger partial charge in [-0.2, -0.15) is 0 Å². The van der Waals surface area contributed by atoms with Crippen molar-refractivity contribution < 1.29 is 6.85 Å². The fourth-order valence-electron chi connectivity index (χ4n) is 6.72. The number of hydrogen-bond donors (Lipinski definition) is 0. The summed E-state index contributed by atoms with van der Waals surface area (Å²) in [4.78, 5) is 19.4. The molecule has 46 heavy (non-hydrogen) atoms. The largest absolute Gasteiger partial charge is 0.309 e. The molecule has 10 aromatic rings. The Morgan fingerprint density at radius 2 is 1.17 bits per heavy atom. The summed E-state index contributed by atoms with van der Waals surface area (Å²) in [5, 5.41) is 6.16. The van der Waals surface area contributed by atoms with Gasteiger partial charge in [-0.05, 0) is 53.2 Å². The smallest absolute Gasteiger partial charge is 0.184 e. The van der Waals surface area contributed by atoms with E-state index in [4.69, 9.17) is 21.8 Å². The lowest BCUT2D eigenvalue weighted by molar-refractivity contribution is 1.05. The fraction of sp³-hybridized carbons (Fsp3) is 0. The van der Waals surface area contributed by atoms with Crippen LogP contribution in [0.2, 0.25) is 0 Å². The maximum absolute atomic E-state index is 8.82. The van der Waals surface area contributed by atoms with Crippen molar-refractivity contribution in [2.45, 2.75) is 0 Å². The maximum Gasteiger partial charge on any atom is 0.184 e. The van der Waals surface area contributed by atoms with Crippen LogP contribution in [0.4, 0.5) is 0 Å². The number of fused-ring (bicyclic) bond motifs is 8. The molecule has 0 fully saturated rings. The Hall–Kier alpha value is -6.40. The van der Waals surface area contributed by atoms with Gasteiger partial charge in [-0.15, -0.1) is 0 Å². The van der Waals surface area contributed by atoms with E-state index in [0.29, 0.717) is 39.4 Å². The van der Waals surface area contributed by atoms with E-state index in [1.54, 1.807) is 17.0 Å². The quantitative estimate of drug-likeness (QED) is 0.205. The number of nitrogens with zero attached hydrogens (tertiary/aromatic N) is 6. The van der Waals surface area contributed by atoms with Crippen molar-refractivity contribution >= 4 is 65.5 Å². The monoisotopic (exact) mass is 593 g/mol. The van der Waals surface area contributed by atoms with Gasteiger partial charge in [0.2, 0.25) is 0 Å². The molecule has 4 aromatic heterocycles. The van der Waals surface area contributed by atoms with Gasteiger partial charge in [0.25, 0.3) is 0 Å². The van der Waals surface area contributed by atoms with Gasteiger partial charge in [0, 0.05) is 45.2 Å². The standard InChI is InChI=1S/C40H24N6/c1-2-12-28(13-3-1)45-33-16-8-6-14-29(33)31-19-18-27(24-35(31)45)38-43-39-37(41-20-21-42-39)40(44-38)46-34-17-9-7-15-30(34)32-22-25-10-4-5-11-26(25)23-36(32)46/h1-24H/i1D,2D,3D,12D,13D. The molecule has 6 nitrogen and oxygen atoms in total. The first kappa shape index (κ1) is 20.5. The van der Waals surface area contributed by atoms with Crippen molar-refractivity contribution in [2.24, 2.45) is 0 Å². The first-order valence-corrected chi connectivity index (χ1v) is 14.9. The first-order valence-electron chi connectivity index (χ1n) is 17.4. The van der Waals surface area contributed by atoms with Crippen LogP contribution < -0.4 is 0 Å². The SMILES string of the molecule is [2H]c1c([2H])c([2H])c(-n2c3ccccc3c3ccc(-c4nc(-n5c6ccccc6c6cc7ccccc7cc65)c5nccnc5n4)cc32)c([2H])c1[2H]. The van der Waals surface area contributed by atoms with Crippen molar-refractivity contribution in [2.75, 3.05) is 0 Å². The number of para-hydroxylation sites is 3. The molecule has 0 bridgehead atoms. The molecule has 0 aliphatic rings. The van der Waals surface area contributed by atoms with Crippen LogP contribution >= 0.6 is 0 Å². The molecule has 0 saturated carbocycles. The fourth-order valence-corrected chi connectivity index (χ4v) is 6.72. The zero-order valence-electron chi connectivity index (χ0n) is 29.2. The van der Waals surface area contributed by atoms with Gasteiger partial charge in [0.05, 0.1) is 28.9 Å². The summed E-state index contributed by atoms with van der Waals surface area (Å²) < 4.78 is 46.5. The average Bonchev–Trinajstić information content (AvgIpc) is 3.67. The van der Waals surface area contributed by atoms with E-state index in [9.17, 15) is 0 Å². The minimum Gasteiger partial charge on any atom is -0.309 e. The van der Waals surface area contributed by atoms with Gasteiger partial charge in [0.1, 0.15) is 0 Å². The highest BCUT2D eigenvalue weighted by atomic mass is 15.1. The maximum atomic E-state index is 8.82. The lowest BCUT2D eigenvalue weighted by atomic mass is 10.1. The molecule has 0 aliphatic heterocycles. The molecule has 10 rings (SSSR count). The third kappa shape index (κ3) is 3.58. The van der Waals surface area contributed by atoms with Gasteiger partial charge >= 0.3 is 0 Å². The van der Waals surface area contributed by atoms with Crippen LogP contribution in [-0.2, 0) is 0 Å². The molecule has 0 radical (unpaired) electrons. The van der Waals surface area contributed by atoms with Crippen LogP contribution in [-0.4, -0.2) is 29.1 Å². The van der Waals surface area contributed by atoms with Crippen LogP contribution in [0, 0.1) is 0 Å². The summed E-state index contributed by atoms with van der Waals surface area (Å²) in [6, 6.07) is 32.6. The van der Waals surface area contributed by atoms with E-state index in [0.717, 1.165) is 43.4 Å². The molecule has 6 aromatic carbocycles. The zero-order valence-corrected chi connectivity index (χ0v) is 24.2. The van der Waals surface area contributed by atoms with Gasteiger partial charge in [-0.1, -0.05) is 90.9 Å². The third-order valence-electron chi connectivity index (χ3n) is 8.71. The van der Waals surface area contributed by atoms with E-state index in [2.05, 4.69) is 45.9 Å². The van der Waals surface area contributed by atoms with Crippen LogP contribution in [0.5, 0.6) is 0 Å². The second-order valence-corrected chi connectivity index (χ2v) is 11.2. The summed E-state index contributed by atoms with van der Waals surface area (Å²) in [6.45, 7) is 0. The number of rotatable bonds is 3. The number of aromatic nitrogens is 6. The molecular formula is C40H24N6.